The van der Waals surface area contributed by atoms with E-state index in [0.717, 1.165) is 54.5 Å². The van der Waals surface area contributed by atoms with Gasteiger partial charge in [0, 0.05) is 18.8 Å². The standard InChI is InChI=1S/C26H24ClN3O2/c1-17-12-14-30(15-13-17)25-20-16-18(28-26(31)19-6-2-3-7-21(19)27)10-11-23(20)32-24-9-5-4-8-22(24)29-25/h2-11,16-17H,12-15H2,1H3,(H,28,31). The van der Waals surface area contributed by atoms with E-state index in [-0.39, 0.29) is 5.91 Å². The molecule has 1 fully saturated rings. The van der Waals surface area contributed by atoms with Crippen molar-refractivity contribution in [2.24, 2.45) is 10.9 Å². The molecule has 0 saturated carbocycles. The number of fused-ring (bicyclic) bond motifs is 2. The molecule has 0 unspecified atom stereocenters. The monoisotopic (exact) mass is 445 g/mol. The fourth-order valence-corrected chi connectivity index (χ4v) is 4.33. The van der Waals surface area contributed by atoms with E-state index in [4.69, 9.17) is 21.3 Å². The van der Waals surface area contributed by atoms with Gasteiger partial charge in [-0.3, -0.25) is 4.79 Å². The van der Waals surface area contributed by atoms with Crippen LogP contribution in [0, 0.1) is 5.92 Å². The van der Waals surface area contributed by atoms with Gasteiger partial charge in [0.15, 0.2) is 5.75 Å². The zero-order valence-electron chi connectivity index (χ0n) is 17.8. The Morgan fingerprint density at radius 1 is 1.03 bits per heavy atom. The summed E-state index contributed by atoms with van der Waals surface area (Å²) in [5.41, 5.74) is 2.78. The third-order valence-electron chi connectivity index (χ3n) is 5.99. The predicted octanol–water partition coefficient (Wildman–Crippen LogP) is 6.51. The van der Waals surface area contributed by atoms with Crippen molar-refractivity contribution in [3.05, 3.63) is 82.9 Å². The SMILES string of the molecule is CC1CCN(C2=Nc3ccccc3Oc3ccc(NC(=O)c4ccccc4Cl)cc32)CC1. The molecule has 6 heteroatoms. The van der Waals surface area contributed by atoms with Crippen LogP contribution in [0.5, 0.6) is 11.5 Å². The number of anilines is 1. The number of hydrogen-bond donors (Lipinski definition) is 1. The van der Waals surface area contributed by atoms with Gasteiger partial charge in [-0.15, -0.1) is 0 Å². The molecule has 2 aliphatic heterocycles. The molecule has 0 atom stereocenters. The number of aliphatic imine (C=N–C) groups is 1. The molecule has 3 aromatic carbocycles. The number of carbonyl (C=O) groups excluding carboxylic acids is 1. The lowest BCUT2D eigenvalue weighted by atomic mass is 9.98. The average molecular weight is 446 g/mol. The molecule has 0 spiro atoms. The van der Waals surface area contributed by atoms with Gasteiger partial charge in [0.2, 0.25) is 0 Å². The van der Waals surface area contributed by atoms with Crippen molar-refractivity contribution in [1.29, 1.82) is 0 Å². The maximum absolute atomic E-state index is 12.8. The molecule has 3 aromatic rings. The summed E-state index contributed by atoms with van der Waals surface area (Å²) < 4.78 is 6.23. The van der Waals surface area contributed by atoms with Gasteiger partial charge in [0.1, 0.15) is 17.3 Å². The molecule has 0 aliphatic carbocycles. The highest BCUT2D eigenvalue weighted by Gasteiger charge is 2.26. The number of likely N-dealkylation sites (tertiary alicyclic amines) is 1. The highest BCUT2D eigenvalue weighted by Crippen LogP contribution is 2.39. The topological polar surface area (TPSA) is 53.9 Å². The summed E-state index contributed by atoms with van der Waals surface area (Å²) in [4.78, 5) is 20.1. The summed E-state index contributed by atoms with van der Waals surface area (Å²) in [6, 6.07) is 20.5. The van der Waals surface area contributed by atoms with Crippen LogP contribution in [0.1, 0.15) is 35.7 Å². The van der Waals surface area contributed by atoms with Crippen LogP contribution in [0.3, 0.4) is 0 Å². The highest BCUT2D eigenvalue weighted by molar-refractivity contribution is 6.34. The van der Waals surface area contributed by atoms with Crippen LogP contribution < -0.4 is 10.1 Å². The van der Waals surface area contributed by atoms with Gasteiger partial charge < -0.3 is 15.0 Å². The number of halogens is 1. The minimum Gasteiger partial charge on any atom is -0.454 e. The molecule has 32 heavy (non-hydrogen) atoms. The molecular weight excluding hydrogens is 422 g/mol. The van der Waals surface area contributed by atoms with Crippen molar-refractivity contribution in [1.82, 2.24) is 4.90 Å². The fraction of sp³-hybridized carbons (Fsp3) is 0.231. The first-order chi connectivity index (χ1) is 15.6. The first-order valence-corrected chi connectivity index (χ1v) is 11.3. The molecule has 5 rings (SSSR count). The Kier molecular flexibility index (Phi) is 5.58. The summed E-state index contributed by atoms with van der Waals surface area (Å²) in [5.74, 6) is 2.79. The lowest BCUT2D eigenvalue weighted by Crippen LogP contribution is -2.38. The second kappa shape index (κ2) is 8.67. The van der Waals surface area contributed by atoms with Crippen LogP contribution in [0.25, 0.3) is 0 Å². The number of amides is 1. The van der Waals surface area contributed by atoms with Gasteiger partial charge in [-0.05, 0) is 61.2 Å². The lowest BCUT2D eigenvalue weighted by molar-refractivity contribution is 0.102. The van der Waals surface area contributed by atoms with E-state index in [1.54, 1.807) is 24.3 Å². The first-order valence-electron chi connectivity index (χ1n) is 10.9. The van der Waals surface area contributed by atoms with E-state index >= 15 is 0 Å². The predicted molar refractivity (Wildman–Crippen MR) is 129 cm³/mol. The number of piperidine rings is 1. The van der Waals surface area contributed by atoms with Crippen LogP contribution >= 0.6 is 11.6 Å². The van der Waals surface area contributed by atoms with Gasteiger partial charge in [-0.1, -0.05) is 42.8 Å². The van der Waals surface area contributed by atoms with Gasteiger partial charge in [-0.25, -0.2) is 4.99 Å². The fourth-order valence-electron chi connectivity index (χ4n) is 4.11. The van der Waals surface area contributed by atoms with Crippen LogP contribution in [-0.2, 0) is 0 Å². The smallest absolute Gasteiger partial charge is 0.257 e. The van der Waals surface area contributed by atoms with E-state index in [0.29, 0.717) is 22.2 Å². The van der Waals surface area contributed by atoms with Crippen molar-refractivity contribution in [3.8, 4) is 11.5 Å². The van der Waals surface area contributed by atoms with Crippen molar-refractivity contribution >= 4 is 34.7 Å². The quantitative estimate of drug-likeness (QED) is 0.489. The van der Waals surface area contributed by atoms with Gasteiger partial charge in [-0.2, -0.15) is 0 Å². The molecule has 0 aromatic heterocycles. The molecular formula is C26H24ClN3O2. The number of amidine groups is 1. The van der Waals surface area contributed by atoms with E-state index in [1.165, 1.54) is 0 Å². The van der Waals surface area contributed by atoms with E-state index in [1.807, 2.05) is 42.5 Å². The summed E-state index contributed by atoms with van der Waals surface area (Å²) >= 11 is 6.20. The largest absolute Gasteiger partial charge is 0.454 e. The number of carbonyl (C=O) groups is 1. The van der Waals surface area contributed by atoms with E-state index in [9.17, 15) is 4.79 Å². The number of hydrogen-bond acceptors (Lipinski definition) is 4. The van der Waals surface area contributed by atoms with Crippen molar-refractivity contribution < 1.29 is 9.53 Å². The third-order valence-corrected chi connectivity index (χ3v) is 6.32. The molecule has 5 nitrogen and oxygen atoms in total. The second-order valence-electron chi connectivity index (χ2n) is 8.32. The Morgan fingerprint density at radius 2 is 1.78 bits per heavy atom. The second-order valence-corrected chi connectivity index (χ2v) is 8.73. The zero-order chi connectivity index (χ0) is 22.1. The number of nitrogens with one attached hydrogen (secondary N) is 1. The number of benzene rings is 3. The molecule has 0 bridgehead atoms. The molecule has 1 amide bonds. The Hall–Kier alpha value is -3.31. The Morgan fingerprint density at radius 3 is 2.59 bits per heavy atom. The summed E-state index contributed by atoms with van der Waals surface area (Å²) in [6.45, 7) is 4.18. The van der Waals surface area contributed by atoms with Crippen LogP contribution in [0.15, 0.2) is 71.7 Å². The number of nitrogens with zero attached hydrogens (tertiary/aromatic N) is 2. The molecule has 1 N–H and O–H groups in total. The molecule has 2 aliphatic rings. The van der Waals surface area contributed by atoms with Crippen molar-refractivity contribution in [2.75, 3.05) is 18.4 Å². The lowest BCUT2D eigenvalue weighted by Gasteiger charge is -2.33. The number of rotatable bonds is 2. The minimum atomic E-state index is -0.251. The zero-order valence-corrected chi connectivity index (χ0v) is 18.6. The third kappa shape index (κ3) is 4.08. The molecule has 0 radical (unpaired) electrons. The van der Waals surface area contributed by atoms with Crippen molar-refractivity contribution in [3.63, 3.8) is 0 Å². The van der Waals surface area contributed by atoms with Crippen LogP contribution in [0.2, 0.25) is 5.02 Å². The van der Waals surface area contributed by atoms with Crippen LogP contribution in [0.4, 0.5) is 11.4 Å². The number of ether oxygens (including phenoxy) is 1. The van der Waals surface area contributed by atoms with Gasteiger partial charge >= 0.3 is 0 Å². The van der Waals surface area contributed by atoms with E-state index in [2.05, 4.69) is 17.1 Å². The highest BCUT2D eigenvalue weighted by atomic mass is 35.5. The Bertz CT molecular complexity index is 1200. The molecule has 162 valence electrons. The van der Waals surface area contributed by atoms with Gasteiger partial charge in [0.05, 0.1) is 16.1 Å². The molecule has 1 saturated heterocycles. The maximum Gasteiger partial charge on any atom is 0.257 e. The minimum absolute atomic E-state index is 0.251. The summed E-state index contributed by atoms with van der Waals surface area (Å²) in [6.07, 6.45) is 2.25. The maximum atomic E-state index is 12.8. The Balaban J connectivity index is 1.52. The first kappa shape index (κ1) is 20.6. The average Bonchev–Trinajstić information content (AvgIpc) is 2.96. The summed E-state index contributed by atoms with van der Waals surface area (Å²) in [5, 5.41) is 3.39. The summed E-state index contributed by atoms with van der Waals surface area (Å²) in [7, 11) is 0. The normalized spacial score (nSPS) is 15.7. The van der Waals surface area contributed by atoms with Crippen molar-refractivity contribution in [2.45, 2.75) is 19.8 Å². The van der Waals surface area contributed by atoms with Gasteiger partial charge in [0.25, 0.3) is 5.91 Å². The number of para-hydroxylation sites is 2. The molecule has 2 heterocycles. The van der Waals surface area contributed by atoms with E-state index < -0.39 is 0 Å². The van der Waals surface area contributed by atoms with Crippen LogP contribution in [-0.4, -0.2) is 29.7 Å². The Labute approximate surface area is 192 Å².